The van der Waals surface area contributed by atoms with Gasteiger partial charge < -0.3 is 15.8 Å². The van der Waals surface area contributed by atoms with E-state index in [2.05, 4.69) is 39.8 Å². The molecule has 0 unspecified atom stereocenters. The number of benzene rings is 2. The van der Waals surface area contributed by atoms with Crippen LogP contribution in [0.25, 0.3) is 17.2 Å². The van der Waals surface area contributed by atoms with Gasteiger partial charge in [0, 0.05) is 23.7 Å². The molecule has 0 saturated heterocycles. The zero-order valence-electron chi connectivity index (χ0n) is 16.3. The van der Waals surface area contributed by atoms with Gasteiger partial charge in [-0.25, -0.2) is 4.79 Å². The molecule has 1 aliphatic rings. The van der Waals surface area contributed by atoms with Crippen molar-refractivity contribution in [1.29, 1.82) is 0 Å². The molecule has 4 N–H and O–H groups in total. The molecule has 1 aromatic heterocycles. The Kier molecular flexibility index (Phi) is 5.33. The predicted octanol–water partition coefficient (Wildman–Crippen LogP) is 4.24. The van der Waals surface area contributed by atoms with Crippen LogP contribution >= 0.6 is 0 Å². The summed E-state index contributed by atoms with van der Waals surface area (Å²) < 4.78 is 5.52. The summed E-state index contributed by atoms with van der Waals surface area (Å²) in [6, 6.07) is 16.6. The molecule has 1 aliphatic carbocycles. The van der Waals surface area contributed by atoms with E-state index in [1.54, 1.807) is 0 Å². The summed E-state index contributed by atoms with van der Waals surface area (Å²) in [4.78, 5) is 12.1. The first-order valence-electron chi connectivity index (χ1n) is 9.71. The SMILES string of the molecule is Cc1[nH]nc(N)c1C=CCCNC(=O)OCC1c2ccccc2-c2ccccc21. The Labute approximate surface area is 169 Å². The van der Waals surface area contributed by atoms with Gasteiger partial charge in [-0.15, -0.1) is 0 Å². The number of H-pyrrole nitrogens is 1. The van der Waals surface area contributed by atoms with Crippen molar-refractivity contribution < 1.29 is 9.53 Å². The summed E-state index contributed by atoms with van der Waals surface area (Å²) in [5.74, 6) is 0.545. The average Bonchev–Trinajstić information content (AvgIpc) is 3.23. The lowest BCUT2D eigenvalue weighted by Crippen LogP contribution is -2.26. The lowest BCUT2D eigenvalue weighted by molar-refractivity contribution is 0.143. The van der Waals surface area contributed by atoms with Gasteiger partial charge in [0.05, 0.1) is 0 Å². The number of aryl methyl sites for hydroxylation is 1. The maximum Gasteiger partial charge on any atom is 0.407 e. The van der Waals surface area contributed by atoms with E-state index in [-0.39, 0.29) is 5.92 Å². The average molecular weight is 388 g/mol. The number of hydrogen-bond donors (Lipinski definition) is 3. The van der Waals surface area contributed by atoms with Gasteiger partial charge in [-0.2, -0.15) is 5.10 Å². The fourth-order valence-corrected chi connectivity index (χ4v) is 3.78. The molecule has 4 rings (SSSR count). The molecule has 2 aromatic carbocycles. The van der Waals surface area contributed by atoms with Crippen molar-refractivity contribution in [3.63, 3.8) is 0 Å². The van der Waals surface area contributed by atoms with Crippen LogP contribution in [-0.4, -0.2) is 29.4 Å². The van der Waals surface area contributed by atoms with Crippen molar-refractivity contribution in [3.8, 4) is 11.1 Å². The third-order valence-corrected chi connectivity index (χ3v) is 5.23. The lowest BCUT2D eigenvalue weighted by atomic mass is 9.98. The van der Waals surface area contributed by atoms with Gasteiger partial charge >= 0.3 is 6.09 Å². The molecule has 1 heterocycles. The minimum atomic E-state index is -0.403. The molecular weight excluding hydrogens is 364 g/mol. The van der Waals surface area contributed by atoms with E-state index < -0.39 is 6.09 Å². The van der Waals surface area contributed by atoms with Crippen LogP contribution in [0.4, 0.5) is 10.6 Å². The van der Waals surface area contributed by atoms with Gasteiger partial charge in [0.2, 0.25) is 0 Å². The second-order valence-electron chi connectivity index (χ2n) is 7.09. The molecule has 0 spiro atoms. The summed E-state index contributed by atoms with van der Waals surface area (Å²) in [5.41, 5.74) is 12.4. The third kappa shape index (κ3) is 3.87. The summed E-state index contributed by atoms with van der Waals surface area (Å²) in [6.07, 6.45) is 4.14. The number of alkyl carbamates (subject to hydrolysis) is 1. The number of amides is 1. The molecule has 3 aromatic rings. The van der Waals surface area contributed by atoms with Gasteiger partial charge in [0.1, 0.15) is 6.61 Å². The Morgan fingerprint density at radius 1 is 1.17 bits per heavy atom. The zero-order chi connectivity index (χ0) is 20.2. The van der Waals surface area contributed by atoms with E-state index in [0.29, 0.717) is 25.4 Å². The first kappa shape index (κ1) is 18.8. The quantitative estimate of drug-likeness (QED) is 0.551. The number of nitrogens with one attached hydrogen (secondary N) is 2. The number of anilines is 1. The monoisotopic (exact) mass is 388 g/mol. The van der Waals surface area contributed by atoms with E-state index >= 15 is 0 Å². The van der Waals surface area contributed by atoms with E-state index in [0.717, 1.165) is 11.3 Å². The van der Waals surface area contributed by atoms with Gasteiger partial charge in [-0.1, -0.05) is 60.7 Å². The minimum absolute atomic E-state index is 0.0695. The number of carbonyl (C=O) groups excluding carboxylic acids is 1. The minimum Gasteiger partial charge on any atom is -0.449 e. The van der Waals surface area contributed by atoms with Crippen LogP contribution in [0.3, 0.4) is 0 Å². The number of aromatic nitrogens is 2. The first-order valence-corrected chi connectivity index (χ1v) is 9.71. The van der Waals surface area contributed by atoms with Crippen LogP contribution in [-0.2, 0) is 4.74 Å². The summed E-state index contributed by atoms with van der Waals surface area (Å²) >= 11 is 0. The van der Waals surface area contributed by atoms with Crippen molar-refractivity contribution in [1.82, 2.24) is 15.5 Å². The number of ether oxygens (including phenoxy) is 1. The molecule has 148 valence electrons. The van der Waals surface area contributed by atoms with Crippen molar-refractivity contribution in [3.05, 3.63) is 77.0 Å². The largest absolute Gasteiger partial charge is 0.449 e. The van der Waals surface area contributed by atoms with E-state index in [4.69, 9.17) is 10.5 Å². The Bertz CT molecular complexity index is 990. The Morgan fingerprint density at radius 2 is 1.83 bits per heavy atom. The second-order valence-corrected chi connectivity index (χ2v) is 7.09. The van der Waals surface area contributed by atoms with Crippen molar-refractivity contribution in [2.45, 2.75) is 19.3 Å². The standard InChI is InChI=1S/C23H24N4O2/c1-15-16(22(24)27-26-15)8-6-7-13-25-23(28)29-14-21-19-11-4-2-9-17(19)18-10-3-5-12-20(18)21/h2-6,8-12,21H,7,13-14H2,1H3,(H,25,28)(H3,24,26,27). The molecule has 1 amide bonds. The van der Waals surface area contributed by atoms with Gasteiger partial charge in [0.25, 0.3) is 0 Å². The maximum absolute atomic E-state index is 12.1. The van der Waals surface area contributed by atoms with Crippen LogP contribution in [0.5, 0.6) is 0 Å². The number of aromatic amines is 1. The zero-order valence-corrected chi connectivity index (χ0v) is 16.3. The fourth-order valence-electron chi connectivity index (χ4n) is 3.78. The van der Waals surface area contributed by atoms with Gasteiger partial charge in [-0.3, -0.25) is 5.10 Å². The van der Waals surface area contributed by atoms with Crippen LogP contribution in [0.15, 0.2) is 54.6 Å². The highest BCUT2D eigenvalue weighted by Crippen LogP contribution is 2.44. The number of rotatable bonds is 6. The highest BCUT2D eigenvalue weighted by Gasteiger charge is 2.28. The molecule has 6 heteroatoms. The number of nitrogen functional groups attached to an aromatic ring is 1. The summed E-state index contributed by atoms with van der Waals surface area (Å²) in [5, 5.41) is 9.58. The van der Waals surface area contributed by atoms with Gasteiger partial charge in [0.15, 0.2) is 5.82 Å². The normalized spacial score (nSPS) is 12.7. The number of fused-ring (bicyclic) bond motifs is 3. The second kappa shape index (κ2) is 8.22. The Balaban J connectivity index is 1.29. The highest BCUT2D eigenvalue weighted by atomic mass is 16.5. The van der Waals surface area contributed by atoms with Crippen LogP contribution < -0.4 is 11.1 Å². The molecule has 0 saturated carbocycles. The van der Waals surface area contributed by atoms with Crippen LogP contribution in [0.2, 0.25) is 0 Å². The van der Waals surface area contributed by atoms with E-state index in [1.165, 1.54) is 22.3 Å². The predicted molar refractivity (Wildman–Crippen MR) is 114 cm³/mol. The number of nitrogens with two attached hydrogens (primary N) is 1. The highest BCUT2D eigenvalue weighted by molar-refractivity contribution is 5.79. The number of hydrogen-bond acceptors (Lipinski definition) is 4. The smallest absolute Gasteiger partial charge is 0.407 e. The van der Waals surface area contributed by atoms with Gasteiger partial charge in [-0.05, 0) is 35.6 Å². The summed E-state index contributed by atoms with van der Waals surface area (Å²) in [7, 11) is 0. The molecule has 29 heavy (non-hydrogen) atoms. The number of carbonyl (C=O) groups is 1. The van der Waals surface area contributed by atoms with E-state index in [1.807, 2.05) is 43.3 Å². The molecule has 0 fully saturated rings. The molecule has 0 aliphatic heterocycles. The van der Waals surface area contributed by atoms with E-state index in [9.17, 15) is 4.79 Å². The maximum atomic E-state index is 12.1. The molecule has 6 nitrogen and oxygen atoms in total. The Hall–Kier alpha value is -3.54. The number of nitrogens with zero attached hydrogens (tertiary/aromatic N) is 1. The van der Waals surface area contributed by atoms with Crippen molar-refractivity contribution in [2.24, 2.45) is 0 Å². The third-order valence-electron chi connectivity index (χ3n) is 5.23. The fraction of sp³-hybridized carbons (Fsp3) is 0.217. The molecular formula is C23H24N4O2. The molecule has 0 atom stereocenters. The van der Waals surface area contributed by atoms with Crippen molar-refractivity contribution in [2.75, 3.05) is 18.9 Å². The molecule has 0 bridgehead atoms. The Morgan fingerprint density at radius 3 is 2.45 bits per heavy atom. The first-order chi connectivity index (χ1) is 14.1. The molecule has 0 radical (unpaired) electrons. The van der Waals surface area contributed by atoms with Crippen LogP contribution in [0, 0.1) is 6.92 Å². The topological polar surface area (TPSA) is 93.0 Å². The lowest BCUT2D eigenvalue weighted by Gasteiger charge is -2.14. The van der Waals surface area contributed by atoms with Crippen molar-refractivity contribution >= 4 is 18.0 Å². The summed E-state index contributed by atoms with van der Waals surface area (Å²) in [6.45, 7) is 2.72. The van der Waals surface area contributed by atoms with Crippen LogP contribution in [0.1, 0.15) is 34.7 Å².